The predicted octanol–water partition coefficient (Wildman–Crippen LogP) is 4.62. The molecule has 1 saturated heterocycles. The minimum absolute atomic E-state index is 0.149. The molecule has 1 N–H and O–H groups in total. The summed E-state index contributed by atoms with van der Waals surface area (Å²) in [5, 5.41) is 3.33. The molecule has 3 nitrogen and oxygen atoms in total. The summed E-state index contributed by atoms with van der Waals surface area (Å²) in [6.07, 6.45) is 1.79. The summed E-state index contributed by atoms with van der Waals surface area (Å²) in [4.78, 5) is 12.4. The van der Waals surface area contributed by atoms with E-state index in [-0.39, 0.29) is 12.0 Å². The van der Waals surface area contributed by atoms with Gasteiger partial charge in [0, 0.05) is 0 Å². The van der Waals surface area contributed by atoms with Gasteiger partial charge in [-0.2, -0.15) is 0 Å². The molecule has 28 heavy (non-hydrogen) atoms. The van der Waals surface area contributed by atoms with Crippen LogP contribution in [-0.2, 0) is 22.6 Å². The average molecular weight is 371 g/mol. The zero-order valence-corrected chi connectivity index (χ0v) is 15.9. The molecule has 0 bridgehead atoms. The number of benzene rings is 3. The Bertz CT molecular complexity index is 908. The molecule has 0 aliphatic carbocycles. The Morgan fingerprint density at radius 2 is 1.54 bits per heavy atom. The molecule has 0 aromatic heterocycles. The maximum atomic E-state index is 12.4. The Kier molecular flexibility index (Phi) is 5.83. The van der Waals surface area contributed by atoms with Gasteiger partial charge in [0.1, 0.15) is 12.6 Å². The highest BCUT2D eigenvalue weighted by Crippen LogP contribution is 2.24. The Hall–Kier alpha value is -2.91. The minimum atomic E-state index is -0.203. The van der Waals surface area contributed by atoms with Crippen LogP contribution in [0.15, 0.2) is 84.9 Å². The van der Waals surface area contributed by atoms with Crippen LogP contribution in [0, 0.1) is 5.92 Å². The van der Waals surface area contributed by atoms with Gasteiger partial charge in [0.2, 0.25) is 0 Å². The monoisotopic (exact) mass is 371 g/mol. The highest BCUT2D eigenvalue weighted by Gasteiger charge is 2.30. The average Bonchev–Trinajstić information content (AvgIpc) is 3.22. The van der Waals surface area contributed by atoms with Crippen LogP contribution in [0.4, 0.5) is 0 Å². The van der Waals surface area contributed by atoms with E-state index in [4.69, 9.17) is 4.74 Å². The minimum Gasteiger partial charge on any atom is -0.460 e. The number of hydrogen-bond acceptors (Lipinski definition) is 3. The Balaban J connectivity index is 1.32. The van der Waals surface area contributed by atoms with Crippen LogP contribution in [0.5, 0.6) is 0 Å². The first kappa shape index (κ1) is 18.5. The molecule has 1 heterocycles. The number of hydrogen-bond donors (Lipinski definition) is 1. The van der Waals surface area contributed by atoms with Gasteiger partial charge in [0.15, 0.2) is 0 Å². The van der Waals surface area contributed by atoms with Gasteiger partial charge in [-0.1, -0.05) is 84.9 Å². The van der Waals surface area contributed by atoms with Crippen molar-refractivity contribution in [2.24, 2.45) is 5.92 Å². The third-order valence-electron chi connectivity index (χ3n) is 5.29. The third kappa shape index (κ3) is 4.68. The number of ether oxygens (including phenoxy) is 1. The van der Waals surface area contributed by atoms with E-state index < -0.39 is 0 Å². The molecule has 3 aromatic carbocycles. The Morgan fingerprint density at radius 3 is 2.32 bits per heavy atom. The summed E-state index contributed by atoms with van der Waals surface area (Å²) in [6.45, 7) is 1.18. The predicted molar refractivity (Wildman–Crippen MR) is 112 cm³/mol. The smallest absolute Gasteiger partial charge is 0.323 e. The van der Waals surface area contributed by atoms with Crippen LogP contribution in [0.2, 0.25) is 0 Å². The van der Waals surface area contributed by atoms with E-state index in [9.17, 15) is 4.79 Å². The van der Waals surface area contributed by atoms with Crippen molar-refractivity contribution < 1.29 is 9.53 Å². The van der Waals surface area contributed by atoms with E-state index in [2.05, 4.69) is 53.8 Å². The van der Waals surface area contributed by atoms with Gasteiger partial charge in [-0.25, -0.2) is 0 Å². The lowest BCUT2D eigenvalue weighted by atomic mass is 9.94. The van der Waals surface area contributed by atoms with E-state index >= 15 is 0 Å². The summed E-state index contributed by atoms with van der Waals surface area (Å²) >= 11 is 0. The first-order chi connectivity index (χ1) is 13.8. The van der Waals surface area contributed by atoms with Crippen LogP contribution in [0.1, 0.15) is 17.5 Å². The number of esters is 1. The second kappa shape index (κ2) is 8.85. The van der Waals surface area contributed by atoms with Gasteiger partial charge in [0.25, 0.3) is 0 Å². The largest absolute Gasteiger partial charge is 0.460 e. The van der Waals surface area contributed by atoms with Crippen LogP contribution in [-0.4, -0.2) is 18.6 Å². The molecule has 1 aliphatic heterocycles. The molecule has 0 radical (unpaired) electrons. The molecule has 2 atom stereocenters. The van der Waals surface area contributed by atoms with Crippen molar-refractivity contribution in [2.45, 2.75) is 25.5 Å². The van der Waals surface area contributed by atoms with Crippen LogP contribution in [0.3, 0.4) is 0 Å². The van der Waals surface area contributed by atoms with Gasteiger partial charge < -0.3 is 10.1 Å². The molecular formula is C25H25NO2. The van der Waals surface area contributed by atoms with E-state index in [1.165, 1.54) is 16.7 Å². The lowest BCUT2D eigenvalue weighted by Crippen LogP contribution is -2.32. The lowest BCUT2D eigenvalue weighted by molar-refractivity contribution is -0.147. The lowest BCUT2D eigenvalue weighted by Gasteiger charge is -2.12. The number of carbonyl (C=O) groups excluding carboxylic acids is 1. The topological polar surface area (TPSA) is 38.3 Å². The standard InChI is InChI=1S/C25H25NO2/c27-25(28-18-19-8-3-1-4-9-19)24-16-21(17-26-24)14-20-10-7-13-23(15-20)22-11-5-2-6-12-22/h1-13,15,21,24,26H,14,16-18H2/t21-,24+/m0/s1. The quantitative estimate of drug-likeness (QED) is 0.643. The molecule has 3 aromatic rings. The Labute approximate surface area is 166 Å². The first-order valence-corrected chi connectivity index (χ1v) is 9.86. The van der Waals surface area contributed by atoms with Crippen molar-refractivity contribution >= 4 is 5.97 Å². The SMILES string of the molecule is O=C(OCc1ccccc1)[C@H]1C[C@H](Cc2cccc(-c3ccccc3)c2)CN1. The van der Waals surface area contributed by atoms with E-state index in [1.54, 1.807) is 0 Å². The Morgan fingerprint density at radius 1 is 0.857 bits per heavy atom. The fourth-order valence-electron chi connectivity index (χ4n) is 3.82. The second-order valence-corrected chi connectivity index (χ2v) is 7.43. The molecule has 0 unspecified atom stereocenters. The van der Waals surface area contributed by atoms with Crippen molar-refractivity contribution in [2.75, 3.05) is 6.54 Å². The van der Waals surface area contributed by atoms with Crippen molar-refractivity contribution in [1.29, 1.82) is 0 Å². The van der Waals surface area contributed by atoms with Crippen LogP contribution in [0.25, 0.3) is 11.1 Å². The van der Waals surface area contributed by atoms with E-state index in [1.807, 2.05) is 36.4 Å². The first-order valence-electron chi connectivity index (χ1n) is 9.86. The van der Waals surface area contributed by atoms with Crippen molar-refractivity contribution in [3.63, 3.8) is 0 Å². The van der Waals surface area contributed by atoms with Gasteiger partial charge in [0.05, 0.1) is 0 Å². The molecule has 0 saturated carbocycles. The summed E-state index contributed by atoms with van der Waals surface area (Å²) < 4.78 is 5.49. The molecule has 1 fully saturated rings. The van der Waals surface area contributed by atoms with Gasteiger partial charge in [-0.15, -0.1) is 0 Å². The zero-order chi connectivity index (χ0) is 19.2. The molecular weight excluding hydrogens is 346 g/mol. The summed E-state index contributed by atoms with van der Waals surface area (Å²) in [5.41, 5.74) is 4.80. The maximum Gasteiger partial charge on any atom is 0.323 e. The maximum absolute atomic E-state index is 12.4. The number of nitrogens with one attached hydrogen (secondary N) is 1. The molecule has 0 amide bonds. The van der Waals surface area contributed by atoms with Crippen LogP contribution >= 0.6 is 0 Å². The molecule has 1 aliphatic rings. The normalized spacial score (nSPS) is 18.7. The highest BCUT2D eigenvalue weighted by molar-refractivity contribution is 5.76. The fourth-order valence-corrected chi connectivity index (χ4v) is 3.82. The number of rotatable bonds is 6. The number of carbonyl (C=O) groups is 1. The van der Waals surface area contributed by atoms with Crippen molar-refractivity contribution in [3.05, 3.63) is 96.1 Å². The summed E-state index contributed by atoms with van der Waals surface area (Å²) in [5.74, 6) is 0.296. The second-order valence-electron chi connectivity index (χ2n) is 7.43. The molecule has 4 rings (SSSR count). The van der Waals surface area contributed by atoms with Gasteiger partial charge in [-0.05, 0) is 47.6 Å². The highest BCUT2D eigenvalue weighted by atomic mass is 16.5. The third-order valence-corrected chi connectivity index (χ3v) is 5.29. The van der Waals surface area contributed by atoms with Crippen molar-refractivity contribution in [1.82, 2.24) is 5.32 Å². The fraction of sp³-hybridized carbons (Fsp3) is 0.240. The molecule has 3 heteroatoms. The van der Waals surface area contributed by atoms with E-state index in [0.717, 1.165) is 24.9 Å². The molecule has 142 valence electrons. The van der Waals surface area contributed by atoms with Gasteiger partial charge in [-0.3, -0.25) is 4.79 Å². The van der Waals surface area contributed by atoms with Gasteiger partial charge >= 0.3 is 5.97 Å². The zero-order valence-electron chi connectivity index (χ0n) is 15.9. The summed E-state index contributed by atoms with van der Waals surface area (Å²) in [6, 6.07) is 28.7. The van der Waals surface area contributed by atoms with E-state index in [0.29, 0.717) is 12.5 Å². The van der Waals surface area contributed by atoms with Crippen LogP contribution < -0.4 is 5.32 Å². The summed E-state index contributed by atoms with van der Waals surface area (Å²) in [7, 11) is 0. The van der Waals surface area contributed by atoms with Crippen molar-refractivity contribution in [3.8, 4) is 11.1 Å². The molecule has 0 spiro atoms.